The van der Waals surface area contributed by atoms with Gasteiger partial charge in [-0.25, -0.2) is 0 Å². The molecule has 2 heteroatoms. The van der Waals surface area contributed by atoms with Crippen molar-refractivity contribution in [3.63, 3.8) is 0 Å². The molecule has 1 aromatic carbocycles. The lowest BCUT2D eigenvalue weighted by Crippen LogP contribution is -2.60. The molecule has 2 atom stereocenters. The third-order valence-electron chi connectivity index (χ3n) is 4.06. The first-order chi connectivity index (χ1) is 7.93. The minimum atomic E-state index is 0.0874. The van der Waals surface area contributed by atoms with E-state index in [-0.39, 0.29) is 17.6 Å². The van der Waals surface area contributed by atoms with Gasteiger partial charge in [-0.1, -0.05) is 45.9 Å². The second kappa shape index (κ2) is 4.34. The zero-order valence-electron chi connectivity index (χ0n) is 11.2. The van der Waals surface area contributed by atoms with Crippen LogP contribution >= 0.6 is 0 Å². The van der Waals surface area contributed by atoms with E-state index in [0.717, 1.165) is 12.2 Å². The number of ether oxygens (including phenoxy) is 1. The molecule has 0 aromatic heterocycles. The maximum absolute atomic E-state index is 6.15. The summed E-state index contributed by atoms with van der Waals surface area (Å²) in [6.45, 7) is 8.76. The van der Waals surface area contributed by atoms with Crippen molar-refractivity contribution in [1.29, 1.82) is 0 Å². The molecule has 0 amide bonds. The molecule has 0 aliphatic heterocycles. The summed E-state index contributed by atoms with van der Waals surface area (Å²) in [4.78, 5) is 0. The van der Waals surface area contributed by atoms with E-state index in [4.69, 9.17) is 10.5 Å². The zero-order valence-corrected chi connectivity index (χ0v) is 11.2. The molecule has 0 bridgehead atoms. The summed E-state index contributed by atoms with van der Waals surface area (Å²) in [6, 6.07) is 8.58. The van der Waals surface area contributed by atoms with Crippen molar-refractivity contribution in [2.75, 3.05) is 0 Å². The highest BCUT2D eigenvalue weighted by molar-refractivity contribution is 5.36. The number of rotatable bonds is 3. The van der Waals surface area contributed by atoms with Gasteiger partial charge in [0.1, 0.15) is 11.9 Å². The SMILES string of the molecule is CC(C)c1ccccc1OC1CC(N)C1(C)C. The van der Waals surface area contributed by atoms with Crippen LogP contribution in [0.25, 0.3) is 0 Å². The van der Waals surface area contributed by atoms with Gasteiger partial charge in [-0.3, -0.25) is 0 Å². The topological polar surface area (TPSA) is 35.2 Å². The lowest BCUT2D eigenvalue weighted by Gasteiger charge is -2.49. The van der Waals surface area contributed by atoms with Crippen LogP contribution in [-0.4, -0.2) is 12.1 Å². The van der Waals surface area contributed by atoms with E-state index in [1.165, 1.54) is 5.56 Å². The van der Waals surface area contributed by atoms with Crippen molar-refractivity contribution in [3.05, 3.63) is 29.8 Å². The van der Waals surface area contributed by atoms with E-state index < -0.39 is 0 Å². The lowest BCUT2D eigenvalue weighted by molar-refractivity contribution is -0.0405. The van der Waals surface area contributed by atoms with Gasteiger partial charge in [-0.15, -0.1) is 0 Å². The highest BCUT2D eigenvalue weighted by atomic mass is 16.5. The maximum Gasteiger partial charge on any atom is 0.123 e. The Morgan fingerprint density at radius 2 is 1.94 bits per heavy atom. The van der Waals surface area contributed by atoms with Crippen LogP contribution < -0.4 is 10.5 Å². The van der Waals surface area contributed by atoms with E-state index in [2.05, 4.69) is 45.9 Å². The van der Waals surface area contributed by atoms with Crippen molar-refractivity contribution in [3.8, 4) is 5.75 Å². The van der Waals surface area contributed by atoms with Crippen molar-refractivity contribution in [2.45, 2.75) is 52.2 Å². The summed E-state index contributed by atoms with van der Waals surface area (Å²) in [5.41, 5.74) is 7.39. The first kappa shape index (κ1) is 12.4. The Hall–Kier alpha value is -1.02. The largest absolute Gasteiger partial charge is 0.489 e. The average molecular weight is 233 g/mol. The van der Waals surface area contributed by atoms with Crippen LogP contribution in [0.5, 0.6) is 5.75 Å². The second-order valence-corrected chi connectivity index (χ2v) is 5.96. The Labute approximate surface area is 104 Å². The Morgan fingerprint density at radius 3 is 2.47 bits per heavy atom. The summed E-state index contributed by atoms with van der Waals surface area (Å²) in [7, 11) is 0. The van der Waals surface area contributed by atoms with Crippen LogP contribution in [0, 0.1) is 5.41 Å². The Morgan fingerprint density at radius 1 is 1.29 bits per heavy atom. The predicted molar refractivity (Wildman–Crippen MR) is 71.3 cm³/mol. The van der Waals surface area contributed by atoms with Crippen LogP contribution in [0.2, 0.25) is 0 Å². The standard InChI is InChI=1S/C15H23NO/c1-10(2)11-7-5-6-8-12(11)17-14-9-13(16)15(14,3)4/h5-8,10,13-14H,9,16H2,1-4H3. The van der Waals surface area contributed by atoms with E-state index >= 15 is 0 Å². The normalized spacial score (nSPS) is 26.7. The van der Waals surface area contributed by atoms with Gasteiger partial charge in [0.05, 0.1) is 0 Å². The van der Waals surface area contributed by atoms with Gasteiger partial charge >= 0.3 is 0 Å². The molecule has 2 unspecified atom stereocenters. The Bertz CT molecular complexity index is 398. The first-order valence-corrected chi connectivity index (χ1v) is 6.44. The molecule has 17 heavy (non-hydrogen) atoms. The zero-order chi connectivity index (χ0) is 12.6. The number of hydrogen-bond acceptors (Lipinski definition) is 2. The van der Waals surface area contributed by atoms with Crippen molar-refractivity contribution in [2.24, 2.45) is 11.1 Å². The molecular weight excluding hydrogens is 210 g/mol. The fourth-order valence-electron chi connectivity index (χ4n) is 2.33. The van der Waals surface area contributed by atoms with Gasteiger partial charge in [0.25, 0.3) is 0 Å². The monoisotopic (exact) mass is 233 g/mol. The summed E-state index contributed by atoms with van der Waals surface area (Å²) < 4.78 is 6.15. The minimum Gasteiger partial charge on any atom is -0.489 e. The molecule has 2 N–H and O–H groups in total. The highest BCUT2D eigenvalue weighted by Crippen LogP contribution is 2.42. The molecule has 1 aromatic rings. The molecule has 0 spiro atoms. The fraction of sp³-hybridized carbons (Fsp3) is 0.600. The van der Waals surface area contributed by atoms with E-state index in [9.17, 15) is 0 Å². The number of benzene rings is 1. The summed E-state index contributed by atoms with van der Waals surface area (Å²) in [5, 5.41) is 0. The molecular formula is C15H23NO. The predicted octanol–water partition coefficient (Wildman–Crippen LogP) is 3.31. The lowest BCUT2D eigenvalue weighted by atomic mass is 9.65. The van der Waals surface area contributed by atoms with E-state index in [1.54, 1.807) is 0 Å². The molecule has 0 heterocycles. The number of para-hydroxylation sites is 1. The molecule has 1 aliphatic rings. The highest BCUT2D eigenvalue weighted by Gasteiger charge is 2.48. The smallest absolute Gasteiger partial charge is 0.123 e. The van der Waals surface area contributed by atoms with Crippen LogP contribution in [0.15, 0.2) is 24.3 Å². The fourth-order valence-corrected chi connectivity index (χ4v) is 2.33. The summed E-state index contributed by atoms with van der Waals surface area (Å²) >= 11 is 0. The van der Waals surface area contributed by atoms with Gasteiger partial charge in [-0.2, -0.15) is 0 Å². The molecule has 1 fully saturated rings. The summed E-state index contributed by atoms with van der Waals surface area (Å²) in [5.74, 6) is 1.51. The molecule has 1 aliphatic carbocycles. The van der Waals surface area contributed by atoms with Gasteiger partial charge < -0.3 is 10.5 Å². The second-order valence-electron chi connectivity index (χ2n) is 5.96. The molecule has 94 valence electrons. The Balaban J connectivity index is 2.15. The molecule has 2 nitrogen and oxygen atoms in total. The van der Waals surface area contributed by atoms with Crippen molar-refractivity contribution < 1.29 is 4.74 Å². The van der Waals surface area contributed by atoms with Crippen LogP contribution in [-0.2, 0) is 0 Å². The van der Waals surface area contributed by atoms with Gasteiger partial charge in [-0.05, 0) is 17.5 Å². The van der Waals surface area contributed by atoms with Gasteiger partial charge in [0, 0.05) is 17.9 Å². The number of nitrogens with two attached hydrogens (primary N) is 1. The molecule has 0 radical (unpaired) electrons. The number of hydrogen-bond donors (Lipinski definition) is 1. The van der Waals surface area contributed by atoms with Crippen molar-refractivity contribution >= 4 is 0 Å². The average Bonchev–Trinajstić information content (AvgIpc) is 2.29. The third kappa shape index (κ3) is 2.19. The van der Waals surface area contributed by atoms with E-state index in [0.29, 0.717) is 5.92 Å². The molecule has 1 saturated carbocycles. The van der Waals surface area contributed by atoms with Gasteiger partial charge in [0.15, 0.2) is 0 Å². The minimum absolute atomic E-state index is 0.0874. The first-order valence-electron chi connectivity index (χ1n) is 6.44. The van der Waals surface area contributed by atoms with Crippen LogP contribution in [0.4, 0.5) is 0 Å². The van der Waals surface area contributed by atoms with Crippen LogP contribution in [0.1, 0.15) is 45.6 Å². The summed E-state index contributed by atoms with van der Waals surface area (Å²) in [6.07, 6.45) is 1.21. The van der Waals surface area contributed by atoms with Gasteiger partial charge in [0.2, 0.25) is 0 Å². The Kier molecular flexibility index (Phi) is 3.17. The quantitative estimate of drug-likeness (QED) is 0.869. The molecule has 0 saturated heterocycles. The molecule has 2 rings (SSSR count). The third-order valence-corrected chi connectivity index (χ3v) is 4.06. The van der Waals surface area contributed by atoms with Crippen LogP contribution in [0.3, 0.4) is 0 Å². The maximum atomic E-state index is 6.15. The van der Waals surface area contributed by atoms with E-state index in [1.807, 2.05) is 6.07 Å². The van der Waals surface area contributed by atoms with Crippen molar-refractivity contribution in [1.82, 2.24) is 0 Å².